The summed E-state index contributed by atoms with van der Waals surface area (Å²) in [6.07, 6.45) is 4.62. The molecule has 4 atom stereocenters. The van der Waals surface area contributed by atoms with Gasteiger partial charge in [-0.1, -0.05) is 31.9 Å². The smallest absolute Gasteiger partial charge is 0.161 e. The van der Waals surface area contributed by atoms with E-state index in [2.05, 4.69) is 24.0 Å². The third kappa shape index (κ3) is 3.88. The normalized spacial score (nSPS) is 26.0. The Balaban J connectivity index is 1.76. The van der Waals surface area contributed by atoms with E-state index in [9.17, 15) is 5.11 Å². The van der Waals surface area contributed by atoms with Crippen LogP contribution >= 0.6 is 0 Å². The van der Waals surface area contributed by atoms with Crippen LogP contribution in [-0.4, -0.2) is 43.4 Å². The van der Waals surface area contributed by atoms with Gasteiger partial charge in [0.2, 0.25) is 0 Å². The van der Waals surface area contributed by atoms with Crippen LogP contribution in [0.1, 0.15) is 61.3 Å². The van der Waals surface area contributed by atoms with Crippen LogP contribution in [0.3, 0.4) is 0 Å². The summed E-state index contributed by atoms with van der Waals surface area (Å²) in [7, 11) is 3.37. The number of ether oxygens (including phenoxy) is 2. The van der Waals surface area contributed by atoms with Crippen LogP contribution in [0.4, 0.5) is 0 Å². The predicted molar refractivity (Wildman–Crippen MR) is 119 cm³/mol. The van der Waals surface area contributed by atoms with E-state index in [4.69, 9.17) is 15.2 Å². The van der Waals surface area contributed by atoms with Gasteiger partial charge in [0.1, 0.15) is 5.75 Å². The predicted octanol–water partition coefficient (Wildman–Crippen LogP) is 4.44. The maximum Gasteiger partial charge on any atom is 0.161 e. The highest BCUT2D eigenvalue weighted by atomic mass is 16.5. The number of unbranched alkanes of at least 4 members (excludes halogenated alkanes) is 1. The van der Waals surface area contributed by atoms with Crippen LogP contribution in [0.5, 0.6) is 17.2 Å². The topological polar surface area (TPSA) is 68.0 Å². The van der Waals surface area contributed by atoms with Crippen molar-refractivity contribution in [3.05, 3.63) is 53.1 Å². The number of rotatable bonds is 6. The van der Waals surface area contributed by atoms with Crippen LogP contribution in [0.2, 0.25) is 0 Å². The first-order chi connectivity index (χ1) is 14.5. The number of hydrogen-bond donors (Lipinski definition) is 2. The molecule has 0 spiro atoms. The molecule has 30 heavy (non-hydrogen) atoms. The Morgan fingerprint density at radius 3 is 2.33 bits per heavy atom. The molecule has 0 bridgehead atoms. The number of nitrogens with two attached hydrogens (primary N) is 1. The lowest BCUT2D eigenvalue weighted by Gasteiger charge is -2.48. The molecule has 2 aliphatic rings. The Kier molecular flexibility index (Phi) is 6.21. The van der Waals surface area contributed by atoms with Crippen LogP contribution in [0.15, 0.2) is 36.4 Å². The zero-order valence-corrected chi connectivity index (χ0v) is 18.3. The first-order valence-electron chi connectivity index (χ1n) is 11.1. The molecule has 2 heterocycles. The summed E-state index contributed by atoms with van der Waals surface area (Å²) in [6, 6.07) is 12.4. The maximum absolute atomic E-state index is 9.77. The Morgan fingerprint density at radius 1 is 1.03 bits per heavy atom. The van der Waals surface area contributed by atoms with Gasteiger partial charge in [0.25, 0.3) is 0 Å². The Morgan fingerprint density at radius 2 is 1.70 bits per heavy atom. The van der Waals surface area contributed by atoms with Crippen molar-refractivity contribution in [1.29, 1.82) is 0 Å². The van der Waals surface area contributed by atoms with Crippen molar-refractivity contribution in [3.63, 3.8) is 0 Å². The van der Waals surface area contributed by atoms with Crippen LogP contribution < -0.4 is 15.2 Å². The first-order valence-corrected chi connectivity index (χ1v) is 11.1. The van der Waals surface area contributed by atoms with E-state index in [0.29, 0.717) is 17.7 Å². The molecular weight excluding hydrogens is 376 g/mol. The SMILES string of the molecule is CCCCC1CN2CC(c3ccc(O)cc3)c3cc(OC)c(OC)cc3C2CC1N. The minimum absolute atomic E-state index is 0.220. The number of phenols is 1. The molecule has 0 aromatic heterocycles. The second-order valence-electron chi connectivity index (χ2n) is 8.75. The lowest BCUT2D eigenvalue weighted by molar-refractivity contribution is 0.0728. The fourth-order valence-corrected chi connectivity index (χ4v) is 5.29. The average molecular weight is 411 g/mol. The number of phenolic OH excluding ortho intramolecular Hbond substituents is 1. The Hall–Kier alpha value is -2.24. The molecule has 0 radical (unpaired) electrons. The highest BCUT2D eigenvalue weighted by Crippen LogP contribution is 2.48. The number of benzene rings is 2. The van der Waals surface area contributed by atoms with Crippen LogP contribution in [-0.2, 0) is 0 Å². The number of nitrogens with zero attached hydrogens (tertiary/aromatic N) is 1. The van der Waals surface area contributed by atoms with Crippen molar-refractivity contribution in [2.75, 3.05) is 27.3 Å². The summed E-state index contributed by atoms with van der Waals surface area (Å²) in [5.41, 5.74) is 10.4. The molecule has 2 aromatic rings. The molecule has 0 saturated carbocycles. The molecule has 2 aromatic carbocycles. The van der Waals surface area contributed by atoms with Gasteiger partial charge in [-0.25, -0.2) is 0 Å². The van der Waals surface area contributed by atoms with Crippen LogP contribution in [0, 0.1) is 5.92 Å². The largest absolute Gasteiger partial charge is 0.508 e. The van der Waals surface area contributed by atoms with Gasteiger partial charge in [0, 0.05) is 31.1 Å². The van der Waals surface area contributed by atoms with Gasteiger partial charge in [0.05, 0.1) is 14.2 Å². The van der Waals surface area contributed by atoms with Gasteiger partial charge in [-0.3, -0.25) is 4.90 Å². The second-order valence-corrected chi connectivity index (χ2v) is 8.75. The molecule has 1 saturated heterocycles. The van der Waals surface area contributed by atoms with Gasteiger partial charge < -0.3 is 20.3 Å². The van der Waals surface area contributed by atoms with Gasteiger partial charge >= 0.3 is 0 Å². The van der Waals surface area contributed by atoms with Crippen LogP contribution in [0.25, 0.3) is 0 Å². The van der Waals surface area contributed by atoms with Crippen molar-refractivity contribution in [2.24, 2.45) is 11.7 Å². The van der Waals surface area contributed by atoms with Gasteiger partial charge in [-0.2, -0.15) is 0 Å². The van der Waals surface area contributed by atoms with E-state index in [0.717, 1.165) is 31.0 Å². The molecule has 0 aliphatic carbocycles. The molecular formula is C25H34N2O3. The molecule has 5 nitrogen and oxygen atoms in total. The summed E-state index contributed by atoms with van der Waals surface area (Å²) in [6.45, 7) is 4.23. The minimum atomic E-state index is 0.220. The second kappa shape index (κ2) is 8.86. The molecule has 4 unspecified atom stereocenters. The fourth-order valence-electron chi connectivity index (χ4n) is 5.29. The standard InChI is InChI=1S/C25H34N2O3/c1-4-5-6-17-14-27-15-21(16-7-9-18(28)10-8-16)19-11-24(29-2)25(30-3)12-20(19)23(27)13-22(17)26/h7-12,17,21-23,28H,4-6,13-15,26H2,1-3H3. The van der Waals surface area contributed by atoms with Crippen molar-refractivity contribution in [3.8, 4) is 17.2 Å². The third-order valence-corrected chi connectivity index (χ3v) is 6.98. The Bertz CT molecular complexity index is 867. The van der Waals surface area contributed by atoms with Crippen molar-refractivity contribution < 1.29 is 14.6 Å². The molecule has 2 aliphatic heterocycles. The first kappa shape index (κ1) is 21.0. The summed E-state index contributed by atoms with van der Waals surface area (Å²) in [4.78, 5) is 2.62. The number of hydrogen-bond acceptors (Lipinski definition) is 5. The maximum atomic E-state index is 9.77. The summed E-state index contributed by atoms with van der Waals surface area (Å²) >= 11 is 0. The van der Waals surface area contributed by atoms with E-state index in [1.807, 2.05) is 12.1 Å². The molecule has 3 N–H and O–H groups in total. The van der Waals surface area contributed by atoms with Crippen molar-refractivity contribution >= 4 is 0 Å². The molecule has 5 heteroatoms. The number of piperidine rings is 1. The summed E-state index contributed by atoms with van der Waals surface area (Å²) in [5, 5.41) is 9.77. The van der Waals surface area contributed by atoms with E-state index in [1.54, 1.807) is 26.4 Å². The van der Waals surface area contributed by atoms with Gasteiger partial charge in [0.15, 0.2) is 11.5 Å². The quantitative estimate of drug-likeness (QED) is 0.737. The number of aromatic hydroxyl groups is 1. The minimum Gasteiger partial charge on any atom is -0.508 e. The highest BCUT2D eigenvalue weighted by molar-refractivity contribution is 5.53. The van der Waals surface area contributed by atoms with E-state index < -0.39 is 0 Å². The lowest BCUT2D eigenvalue weighted by atomic mass is 9.75. The molecule has 0 amide bonds. The third-order valence-electron chi connectivity index (χ3n) is 6.98. The average Bonchev–Trinajstić information content (AvgIpc) is 2.77. The lowest BCUT2D eigenvalue weighted by Crippen LogP contribution is -2.51. The zero-order chi connectivity index (χ0) is 21.3. The number of fused-ring (bicyclic) bond motifs is 3. The van der Waals surface area contributed by atoms with Crippen molar-refractivity contribution in [1.82, 2.24) is 4.90 Å². The Labute approximate surface area is 179 Å². The molecule has 162 valence electrons. The molecule has 1 fully saturated rings. The van der Waals surface area contributed by atoms with E-state index >= 15 is 0 Å². The summed E-state index contributed by atoms with van der Waals surface area (Å²) in [5.74, 6) is 2.59. The van der Waals surface area contributed by atoms with Gasteiger partial charge in [-0.05, 0) is 59.7 Å². The van der Waals surface area contributed by atoms with E-state index in [1.165, 1.54) is 36.0 Å². The highest BCUT2D eigenvalue weighted by Gasteiger charge is 2.41. The zero-order valence-electron chi connectivity index (χ0n) is 18.3. The molecule has 4 rings (SSSR count). The monoisotopic (exact) mass is 410 g/mol. The van der Waals surface area contributed by atoms with Crippen molar-refractivity contribution in [2.45, 2.75) is 50.6 Å². The fraction of sp³-hybridized carbons (Fsp3) is 0.520. The van der Waals surface area contributed by atoms with Gasteiger partial charge in [-0.15, -0.1) is 0 Å². The summed E-state index contributed by atoms with van der Waals surface area (Å²) < 4.78 is 11.3. The van der Waals surface area contributed by atoms with E-state index in [-0.39, 0.29) is 12.0 Å². The number of methoxy groups -OCH3 is 2.